The van der Waals surface area contributed by atoms with Crippen LogP contribution >= 0.6 is 0 Å². The van der Waals surface area contributed by atoms with Crippen molar-refractivity contribution in [1.29, 1.82) is 0 Å². The number of carbonyl (C=O) groups excluding carboxylic acids is 1. The number of nitrogens with zero attached hydrogens (tertiary/aromatic N) is 1. The van der Waals surface area contributed by atoms with Crippen molar-refractivity contribution in [3.63, 3.8) is 0 Å². The fraction of sp³-hybridized carbons (Fsp3) is 0.375. The Hall–Kier alpha value is -3.23. The summed E-state index contributed by atoms with van der Waals surface area (Å²) in [6.45, 7) is 7.28. The van der Waals surface area contributed by atoms with E-state index in [9.17, 15) is 9.90 Å². The van der Waals surface area contributed by atoms with E-state index >= 15 is 0 Å². The number of benzene rings is 1. The van der Waals surface area contributed by atoms with Crippen LogP contribution in [0.4, 0.5) is 5.82 Å². The molecule has 1 amide bonds. The number of nitrogen functional groups attached to an aromatic ring is 1. The Morgan fingerprint density at radius 1 is 1.34 bits per heavy atom. The summed E-state index contributed by atoms with van der Waals surface area (Å²) in [5, 5.41) is 18.8. The smallest absolute Gasteiger partial charge is 0.246 e. The van der Waals surface area contributed by atoms with Gasteiger partial charge in [0.15, 0.2) is 0 Å². The number of phenolic OH excluding ortho intramolecular Hbond substituents is 1. The van der Waals surface area contributed by atoms with Gasteiger partial charge in [-0.15, -0.1) is 0 Å². The molecule has 32 heavy (non-hydrogen) atoms. The molecule has 0 spiro atoms. The average molecular weight is 445 g/mol. The number of methoxy groups -OCH3 is 1. The van der Waals surface area contributed by atoms with Crippen molar-refractivity contribution in [3.8, 4) is 5.75 Å². The number of amides is 1. The summed E-state index contributed by atoms with van der Waals surface area (Å²) in [4.78, 5) is 15.7. The lowest BCUT2D eigenvalue weighted by molar-refractivity contribution is -0.127. The summed E-state index contributed by atoms with van der Waals surface area (Å²) >= 11 is 0. The van der Waals surface area contributed by atoms with Gasteiger partial charge in [-0.2, -0.15) is 0 Å². The van der Waals surface area contributed by atoms with Crippen LogP contribution in [0, 0.1) is 6.92 Å². The number of nitrogens with two attached hydrogens (primary N) is 2. The van der Waals surface area contributed by atoms with Crippen molar-refractivity contribution in [3.05, 3.63) is 59.8 Å². The predicted octanol–water partition coefficient (Wildman–Crippen LogP) is 2.87. The molecule has 1 heterocycles. The van der Waals surface area contributed by atoms with Crippen LogP contribution in [0.5, 0.6) is 5.75 Å². The van der Waals surface area contributed by atoms with Crippen LogP contribution in [0.2, 0.25) is 0 Å². The molecule has 0 aliphatic heterocycles. The number of phenols is 1. The van der Waals surface area contributed by atoms with Crippen molar-refractivity contribution >= 4 is 23.5 Å². The maximum Gasteiger partial charge on any atom is 0.246 e. The molecular formula is C24H36N4O4. The van der Waals surface area contributed by atoms with Gasteiger partial charge in [-0.3, -0.25) is 4.79 Å². The van der Waals surface area contributed by atoms with E-state index in [1.807, 2.05) is 26.1 Å². The van der Waals surface area contributed by atoms with Crippen molar-refractivity contribution in [2.75, 3.05) is 26.5 Å². The van der Waals surface area contributed by atoms with E-state index in [0.29, 0.717) is 17.1 Å². The molecule has 0 aliphatic rings. The number of rotatable bonds is 9. The highest BCUT2D eigenvalue weighted by atomic mass is 16.5. The van der Waals surface area contributed by atoms with E-state index < -0.39 is 0 Å². The largest absolute Gasteiger partial charge is 0.507 e. The molecule has 2 unspecified atom stereocenters. The molecule has 176 valence electrons. The van der Waals surface area contributed by atoms with Crippen LogP contribution in [0.3, 0.4) is 0 Å². The van der Waals surface area contributed by atoms with Gasteiger partial charge < -0.3 is 36.3 Å². The summed E-state index contributed by atoms with van der Waals surface area (Å²) in [5.74, 6) is 0.563. The number of likely N-dealkylation sites (N-methyl/N-ethyl adjacent to an activating group) is 1. The number of carbonyl (C=O) groups is 1. The van der Waals surface area contributed by atoms with E-state index in [0.717, 1.165) is 24.0 Å². The van der Waals surface area contributed by atoms with Crippen LogP contribution < -0.4 is 11.5 Å². The first-order valence-electron chi connectivity index (χ1n) is 10.4. The second-order valence-electron chi connectivity index (χ2n) is 7.53. The lowest BCUT2D eigenvalue weighted by Gasteiger charge is -2.26. The second kappa shape index (κ2) is 13.2. The van der Waals surface area contributed by atoms with Gasteiger partial charge >= 0.3 is 0 Å². The highest BCUT2D eigenvalue weighted by molar-refractivity contribution is 5.87. The fourth-order valence-corrected chi connectivity index (χ4v) is 2.97. The van der Waals surface area contributed by atoms with Crippen molar-refractivity contribution in [1.82, 2.24) is 9.88 Å². The van der Waals surface area contributed by atoms with Gasteiger partial charge in [0.2, 0.25) is 5.91 Å². The molecule has 7 N–H and O–H groups in total. The Morgan fingerprint density at radius 3 is 2.50 bits per heavy atom. The molecule has 8 nitrogen and oxygen atoms in total. The number of aromatic hydroxyl groups is 1. The van der Waals surface area contributed by atoms with Gasteiger partial charge in [0.25, 0.3) is 0 Å². The lowest BCUT2D eigenvalue weighted by atomic mass is 10.1. The quantitative estimate of drug-likeness (QED) is 0.377. The number of aromatic amines is 1. The van der Waals surface area contributed by atoms with Gasteiger partial charge in [0.05, 0.1) is 18.8 Å². The number of ether oxygens (including phenoxy) is 1. The van der Waals surface area contributed by atoms with E-state index in [2.05, 4.69) is 11.6 Å². The predicted molar refractivity (Wildman–Crippen MR) is 130 cm³/mol. The van der Waals surface area contributed by atoms with Gasteiger partial charge in [-0.1, -0.05) is 18.7 Å². The second-order valence-corrected chi connectivity index (χ2v) is 7.53. The number of anilines is 1. The molecule has 0 radical (unpaired) electrons. The molecule has 1 aromatic heterocycles. The number of nitrogens with one attached hydrogen (secondary N) is 1. The summed E-state index contributed by atoms with van der Waals surface area (Å²) in [6.07, 6.45) is 6.52. The first-order chi connectivity index (χ1) is 15.2. The van der Waals surface area contributed by atoms with Crippen LogP contribution in [0.25, 0.3) is 11.8 Å². The molecule has 0 saturated heterocycles. The number of aryl methyl sites for hydroxylation is 1. The standard InChI is InChI=1S/C13H15N3O.C11H21NO3/c1-8-7-16-13(15)10(8)6-11(14)9-4-2-3-5-12(9)17;1-5-11(14)12(3)10(8-13)7-6-9(2)15-4/h2-7,16-17H,14-15H2,1H3;5,9-10,13H,1,6-8H2,2-4H3/b11-6-;. The molecular weight excluding hydrogens is 408 g/mol. The monoisotopic (exact) mass is 444 g/mol. The fourth-order valence-electron chi connectivity index (χ4n) is 2.97. The van der Waals surface area contributed by atoms with Gasteiger partial charge in [-0.25, -0.2) is 0 Å². The van der Waals surface area contributed by atoms with Gasteiger partial charge in [0, 0.05) is 37.2 Å². The zero-order valence-corrected chi connectivity index (χ0v) is 19.3. The minimum Gasteiger partial charge on any atom is -0.507 e. The molecule has 0 saturated carbocycles. The van der Waals surface area contributed by atoms with Crippen LogP contribution in [-0.4, -0.2) is 58.9 Å². The maximum absolute atomic E-state index is 11.3. The molecule has 0 aliphatic carbocycles. The summed E-state index contributed by atoms with van der Waals surface area (Å²) in [7, 11) is 3.32. The first kappa shape index (κ1) is 26.8. The number of hydrogen-bond acceptors (Lipinski definition) is 6. The van der Waals surface area contributed by atoms with Crippen LogP contribution in [-0.2, 0) is 9.53 Å². The van der Waals surface area contributed by atoms with E-state index in [1.54, 1.807) is 38.4 Å². The Morgan fingerprint density at radius 2 is 2.00 bits per heavy atom. The normalized spacial score (nSPS) is 13.0. The zero-order valence-electron chi connectivity index (χ0n) is 19.3. The van der Waals surface area contributed by atoms with Gasteiger partial charge in [-0.05, 0) is 56.5 Å². The third kappa shape index (κ3) is 7.79. The molecule has 2 rings (SSSR count). The number of para-hydroxylation sites is 1. The average Bonchev–Trinajstić information content (AvgIpc) is 3.11. The Bertz CT molecular complexity index is 888. The number of aromatic nitrogens is 1. The summed E-state index contributed by atoms with van der Waals surface area (Å²) < 4.78 is 5.11. The van der Waals surface area contributed by atoms with Crippen molar-refractivity contribution < 1.29 is 19.7 Å². The third-order valence-corrected chi connectivity index (χ3v) is 5.26. The Kier molecular flexibility index (Phi) is 11.1. The van der Waals surface area contributed by atoms with E-state index in [-0.39, 0.29) is 30.4 Å². The molecule has 0 fully saturated rings. The summed E-state index contributed by atoms with van der Waals surface area (Å²) in [6, 6.07) is 6.78. The number of H-pyrrole nitrogens is 1. The van der Waals surface area contributed by atoms with Crippen LogP contribution in [0.15, 0.2) is 43.1 Å². The first-order valence-corrected chi connectivity index (χ1v) is 10.4. The number of aliphatic hydroxyl groups excluding tert-OH is 1. The topological polar surface area (TPSA) is 138 Å². The maximum atomic E-state index is 11.3. The van der Waals surface area contributed by atoms with Crippen LogP contribution in [0.1, 0.15) is 36.5 Å². The number of aliphatic hydroxyl groups is 1. The lowest BCUT2D eigenvalue weighted by Crippen LogP contribution is -2.39. The summed E-state index contributed by atoms with van der Waals surface area (Å²) in [5.41, 5.74) is 14.7. The molecule has 2 atom stereocenters. The molecule has 8 heteroatoms. The molecule has 1 aromatic carbocycles. The van der Waals surface area contributed by atoms with E-state index in [1.165, 1.54) is 11.0 Å². The van der Waals surface area contributed by atoms with Gasteiger partial charge in [0.1, 0.15) is 11.6 Å². The molecule has 2 aromatic rings. The Balaban J connectivity index is 0.000000324. The minimum absolute atomic E-state index is 0.0352. The highest BCUT2D eigenvalue weighted by Crippen LogP contribution is 2.25. The van der Waals surface area contributed by atoms with Crippen molar-refractivity contribution in [2.45, 2.75) is 38.8 Å². The number of hydrogen-bond donors (Lipinski definition) is 5. The zero-order chi connectivity index (χ0) is 24.3. The third-order valence-electron chi connectivity index (χ3n) is 5.26. The van der Waals surface area contributed by atoms with Crippen molar-refractivity contribution in [2.24, 2.45) is 5.73 Å². The Labute approximate surface area is 190 Å². The molecule has 0 bridgehead atoms. The minimum atomic E-state index is -0.167. The SMILES string of the molecule is C=CC(=O)N(C)C(CO)CCC(C)OC.Cc1c[nH]c(N)c1/C=C(\N)c1ccccc1O. The van der Waals surface area contributed by atoms with E-state index in [4.69, 9.17) is 21.3 Å². The highest BCUT2D eigenvalue weighted by Gasteiger charge is 2.17.